The number of sulfonamides is 1. The molecule has 182 valence electrons. The maximum Gasteiger partial charge on any atom is 0.243 e. The van der Waals surface area contributed by atoms with Gasteiger partial charge in [-0.3, -0.25) is 10.0 Å². The van der Waals surface area contributed by atoms with Crippen molar-refractivity contribution in [3.05, 3.63) is 95.7 Å². The number of benzene rings is 3. The van der Waals surface area contributed by atoms with Crippen molar-refractivity contribution in [2.75, 3.05) is 13.7 Å². The molecule has 0 saturated carbocycles. The molecule has 9 heteroatoms. The lowest BCUT2D eigenvalue weighted by Crippen LogP contribution is -2.36. The molecule has 0 aliphatic carbocycles. The van der Waals surface area contributed by atoms with E-state index in [2.05, 4.69) is 34.9 Å². The molecule has 0 spiro atoms. The summed E-state index contributed by atoms with van der Waals surface area (Å²) in [4.78, 5) is 9.11. The molecule has 0 bridgehead atoms. The fourth-order valence-corrected chi connectivity index (χ4v) is 5.82. The molecule has 0 radical (unpaired) electrons. The van der Waals surface area contributed by atoms with E-state index in [1.807, 2.05) is 24.3 Å². The Bertz CT molecular complexity index is 1400. The van der Waals surface area contributed by atoms with Crippen LogP contribution in [0.15, 0.2) is 83.8 Å². The van der Waals surface area contributed by atoms with Crippen LogP contribution >= 0.6 is 0 Å². The Morgan fingerprint density at radius 3 is 2.31 bits per heavy atom. The fourth-order valence-electron chi connectivity index (χ4n) is 4.42. The fraction of sp³-hybridized carbons (Fsp3) is 0.192. The minimum Gasteiger partial charge on any atom is -0.497 e. The average molecular weight is 494 g/mol. The number of nitrogens with one attached hydrogen (secondary N) is 1. The summed E-state index contributed by atoms with van der Waals surface area (Å²) in [6, 6.07) is 25.3. The molecule has 0 fully saturated rings. The second kappa shape index (κ2) is 10.7. The van der Waals surface area contributed by atoms with Crippen molar-refractivity contribution in [2.45, 2.75) is 24.4 Å². The molecule has 0 saturated heterocycles. The highest BCUT2D eigenvalue weighted by Gasteiger charge is 2.31. The minimum absolute atomic E-state index is 0.181. The van der Waals surface area contributed by atoms with Crippen molar-refractivity contribution in [3.8, 4) is 5.75 Å². The Kier molecular flexibility index (Phi) is 7.50. The van der Waals surface area contributed by atoms with Crippen LogP contribution in [-0.2, 0) is 34.3 Å². The smallest absolute Gasteiger partial charge is 0.243 e. The number of methoxy groups -OCH3 is 1. The lowest BCUT2D eigenvalue weighted by molar-refractivity contribution is -0.116. The first-order chi connectivity index (χ1) is 17.0. The highest BCUT2D eigenvalue weighted by Crippen LogP contribution is 2.33. The Labute approximate surface area is 204 Å². The van der Waals surface area contributed by atoms with Gasteiger partial charge in [-0.2, -0.15) is 4.31 Å². The van der Waals surface area contributed by atoms with Crippen LogP contribution in [-0.4, -0.2) is 42.6 Å². The Morgan fingerprint density at radius 2 is 1.66 bits per heavy atom. The van der Waals surface area contributed by atoms with Gasteiger partial charge in [0.25, 0.3) is 0 Å². The zero-order chi connectivity index (χ0) is 24.8. The van der Waals surface area contributed by atoms with E-state index >= 15 is 0 Å². The lowest BCUT2D eigenvalue weighted by atomic mass is 10.0. The molecule has 35 heavy (non-hydrogen) atoms. The lowest BCUT2D eigenvalue weighted by Gasteiger charge is -2.28. The van der Waals surface area contributed by atoms with Crippen LogP contribution in [0, 0.1) is 0 Å². The van der Waals surface area contributed by atoms with Gasteiger partial charge in [-0.05, 0) is 47.9 Å². The van der Waals surface area contributed by atoms with Crippen molar-refractivity contribution >= 4 is 27.3 Å². The standard InChI is InChI=1S/C25H24N2O3S.CH3NO2/c1-30-20-11-13-21(14-12-20)31(28,29)26-16-15-23-22-9-5-6-10-24(22)27(25(23)18-26)17-19-7-3-2-4-8-19;3-1-2-4/h2-14H,15-18H2,1H3;1,4H,(H,2,3). The second-order valence-electron chi connectivity index (χ2n) is 8.03. The predicted molar refractivity (Wildman–Crippen MR) is 133 cm³/mol. The van der Waals surface area contributed by atoms with Crippen LogP contribution < -0.4 is 10.2 Å². The number of ether oxygens (including phenoxy) is 1. The zero-order valence-corrected chi connectivity index (χ0v) is 20.1. The molecular weight excluding hydrogens is 466 g/mol. The first-order valence-electron chi connectivity index (χ1n) is 11.1. The van der Waals surface area contributed by atoms with Crippen LogP contribution in [0.4, 0.5) is 0 Å². The molecule has 0 unspecified atom stereocenters. The quantitative estimate of drug-likeness (QED) is 0.243. The Balaban J connectivity index is 0.000000672. The monoisotopic (exact) mass is 493 g/mol. The van der Waals surface area contributed by atoms with E-state index in [0.29, 0.717) is 36.7 Å². The number of hydrogen-bond donors (Lipinski definition) is 2. The Morgan fingerprint density at radius 1 is 1.00 bits per heavy atom. The van der Waals surface area contributed by atoms with Crippen molar-refractivity contribution in [1.82, 2.24) is 14.4 Å². The van der Waals surface area contributed by atoms with Crippen LogP contribution in [0.3, 0.4) is 0 Å². The highest BCUT2D eigenvalue weighted by molar-refractivity contribution is 7.89. The summed E-state index contributed by atoms with van der Waals surface area (Å²) in [5.41, 5.74) is 5.93. The van der Waals surface area contributed by atoms with Gasteiger partial charge in [-0.25, -0.2) is 13.9 Å². The van der Waals surface area contributed by atoms with Crippen LogP contribution in [0.25, 0.3) is 10.9 Å². The maximum atomic E-state index is 13.4. The third-order valence-corrected chi connectivity index (χ3v) is 7.92. The first kappa shape index (κ1) is 24.5. The second-order valence-corrected chi connectivity index (χ2v) is 9.96. The summed E-state index contributed by atoms with van der Waals surface area (Å²) < 4.78 is 35.8. The number of hydroxylamine groups is 1. The van der Waals surface area contributed by atoms with Crippen LogP contribution in [0.1, 0.15) is 16.8 Å². The SMILES string of the molecule is COc1ccc(S(=O)(=O)N2CCc3c(n(Cc4ccccc4)c4ccccc34)C2)cc1.O=CNO. The predicted octanol–water partition coefficient (Wildman–Crippen LogP) is 3.57. The van der Waals surface area contributed by atoms with Gasteiger partial charge >= 0.3 is 0 Å². The number of hydrogen-bond acceptors (Lipinski definition) is 5. The van der Waals surface area contributed by atoms with E-state index in [-0.39, 0.29) is 6.41 Å². The van der Waals surface area contributed by atoms with Gasteiger partial charge < -0.3 is 9.30 Å². The summed E-state index contributed by atoms with van der Waals surface area (Å²) in [6.45, 7) is 1.55. The normalized spacial score (nSPS) is 13.4. The molecular formula is C26H27N3O5S. The molecule has 1 aliphatic heterocycles. The maximum absolute atomic E-state index is 13.4. The van der Waals surface area contributed by atoms with Gasteiger partial charge in [0.05, 0.1) is 18.6 Å². The molecule has 2 heterocycles. The number of amides is 1. The summed E-state index contributed by atoms with van der Waals surface area (Å²) in [5, 5.41) is 8.47. The Hall–Kier alpha value is -3.66. The molecule has 5 rings (SSSR count). The molecule has 3 aromatic carbocycles. The molecule has 1 aromatic heterocycles. The van der Waals surface area contributed by atoms with Gasteiger partial charge in [-0.15, -0.1) is 0 Å². The number of fused-ring (bicyclic) bond motifs is 3. The first-order valence-corrected chi connectivity index (χ1v) is 12.5. The number of rotatable bonds is 6. The van der Waals surface area contributed by atoms with Crippen molar-refractivity contribution in [2.24, 2.45) is 0 Å². The van der Waals surface area contributed by atoms with Crippen molar-refractivity contribution in [1.29, 1.82) is 0 Å². The molecule has 1 aliphatic rings. The average Bonchev–Trinajstić information content (AvgIpc) is 3.22. The van der Waals surface area contributed by atoms with Crippen molar-refractivity contribution in [3.63, 3.8) is 0 Å². The number of nitrogens with zero attached hydrogens (tertiary/aromatic N) is 2. The summed E-state index contributed by atoms with van der Waals surface area (Å²) >= 11 is 0. The summed E-state index contributed by atoms with van der Waals surface area (Å²) in [7, 11) is -2.02. The van der Waals surface area contributed by atoms with E-state index < -0.39 is 10.0 Å². The van der Waals surface area contributed by atoms with Gasteiger partial charge in [-0.1, -0.05) is 48.5 Å². The van der Waals surface area contributed by atoms with Gasteiger partial charge in [0.2, 0.25) is 16.4 Å². The number of aromatic nitrogens is 1. The van der Waals surface area contributed by atoms with Gasteiger partial charge in [0, 0.05) is 29.7 Å². The third kappa shape index (κ3) is 5.07. The summed E-state index contributed by atoms with van der Waals surface area (Å²) in [5.74, 6) is 0.642. The van der Waals surface area contributed by atoms with Crippen molar-refractivity contribution < 1.29 is 23.2 Å². The van der Waals surface area contributed by atoms with E-state index in [0.717, 1.165) is 11.2 Å². The molecule has 8 nitrogen and oxygen atoms in total. The van der Waals surface area contributed by atoms with Gasteiger partial charge in [0.15, 0.2) is 0 Å². The molecule has 1 amide bonds. The van der Waals surface area contributed by atoms with Crippen LogP contribution in [0.5, 0.6) is 5.75 Å². The van der Waals surface area contributed by atoms with E-state index in [9.17, 15) is 8.42 Å². The number of para-hydroxylation sites is 1. The van der Waals surface area contributed by atoms with Crippen LogP contribution in [0.2, 0.25) is 0 Å². The molecule has 4 aromatic rings. The van der Waals surface area contributed by atoms with E-state index in [4.69, 9.17) is 14.7 Å². The minimum atomic E-state index is -3.59. The molecule has 2 N–H and O–H groups in total. The largest absolute Gasteiger partial charge is 0.497 e. The molecule has 0 atom stereocenters. The van der Waals surface area contributed by atoms with Gasteiger partial charge in [0.1, 0.15) is 5.75 Å². The summed E-state index contributed by atoms with van der Waals surface area (Å²) in [6.07, 6.45) is 0.882. The third-order valence-electron chi connectivity index (χ3n) is 6.06. The highest BCUT2D eigenvalue weighted by atomic mass is 32.2. The topological polar surface area (TPSA) is 101 Å². The zero-order valence-electron chi connectivity index (χ0n) is 19.3. The van der Waals surface area contributed by atoms with E-state index in [1.54, 1.807) is 35.7 Å². The number of carbonyl (C=O) groups excluding carboxylic acids is 1. The van der Waals surface area contributed by atoms with E-state index in [1.165, 1.54) is 22.0 Å². The number of carbonyl (C=O) groups is 1.